The highest BCUT2D eigenvalue weighted by atomic mass is 16.4. The van der Waals surface area contributed by atoms with Gasteiger partial charge in [0, 0.05) is 17.4 Å². The van der Waals surface area contributed by atoms with Crippen molar-refractivity contribution in [3.05, 3.63) is 65.4 Å². The van der Waals surface area contributed by atoms with Crippen molar-refractivity contribution >= 4 is 22.8 Å². The Morgan fingerprint density at radius 1 is 1.15 bits per heavy atom. The summed E-state index contributed by atoms with van der Waals surface area (Å²) in [5.74, 6) is -1.40. The number of hydrogen-bond acceptors (Lipinski definition) is 4. The molecule has 0 bridgehead atoms. The van der Waals surface area contributed by atoms with Crippen LogP contribution in [0.3, 0.4) is 0 Å². The van der Waals surface area contributed by atoms with Gasteiger partial charge in [-0.3, -0.25) is 4.79 Å². The molecule has 0 radical (unpaired) electrons. The van der Waals surface area contributed by atoms with Crippen LogP contribution in [0.25, 0.3) is 11.0 Å². The van der Waals surface area contributed by atoms with Gasteiger partial charge in [-0.2, -0.15) is 0 Å². The summed E-state index contributed by atoms with van der Waals surface area (Å²) in [5.41, 5.74) is 3.18. The number of benzene rings is 2. The van der Waals surface area contributed by atoms with Crippen molar-refractivity contribution in [1.29, 1.82) is 0 Å². The van der Waals surface area contributed by atoms with E-state index in [2.05, 4.69) is 5.32 Å². The predicted molar refractivity (Wildman–Crippen MR) is 96.0 cm³/mol. The number of rotatable bonds is 6. The molecule has 3 N–H and O–H groups in total. The molecule has 3 aromatic rings. The van der Waals surface area contributed by atoms with Crippen LogP contribution >= 0.6 is 0 Å². The van der Waals surface area contributed by atoms with Gasteiger partial charge in [-0.15, -0.1) is 0 Å². The molecule has 0 aliphatic rings. The molecule has 0 saturated carbocycles. The topological polar surface area (TPSA) is 99.8 Å². The minimum absolute atomic E-state index is 0.0371. The average molecular weight is 353 g/mol. The van der Waals surface area contributed by atoms with E-state index in [0.29, 0.717) is 16.7 Å². The Bertz CT molecular complexity index is 942. The van der Waals surface area contributed by atoms with Gasteiger partial charge >= 0.3 is 5.97 Å². The summed E-state index contributed by atoms with van der Waals surface area (Å²) in [6, 6.07) is 10.9. The molecule has 0 aliphatic heterocycles. The van der Waals surface area contributed by atoms with Crippen LogP contribution in [0.1, 0.15) is 16.7 Å². The zero-order valence-electron chi connectivity index (χ0n) is 14.2. The molecule has 1 atom stereocenters. The maximum atomic E-state index is 12.3. The van der Waals surface area contributed by atoms with Crippen LogP contribution in [0.5, 0.6) is 5.75 Å². The molecule has 1 amide bonds. The number of fused-ring (bicyclic) bond motifs is 1. The number of nitrogens with one attached hydrogen (secondary N) is 1. The predicted octanol–water partition coefficient (Wildman–Crippen LogP) is 2.80. The third-order valence-electron chi connectivity index (χ3n) is 4.17. The van der Waals surface area contributed by atoms with E-state index in [0.717, 1.165) is 10.9 Å². The highest BCUT2D eigenvalue weighted by Crippen LogP contribution is 2.22. The lowest BCUT2D eigenvalue weighted by atomic mass is 10.0. The highest BCUT2D eigenvalue weighted by molar-refractivity contribution is 5.90. The van der Waals surface area contributed by atoms with Crippen molar-refractivity contribution in [2.75, 3.05) is 0 Å². The number of carbonyl (C=O) groups is 2. The summed E-state index contributed by atoms with van der Waals surface area (Å²) in [4.78, 5) is 23.8. The Balaban J connectivity index is 1.69. The second kappa shape index (κ2) is 7.31. The number of amides is 1. The Labute approximate surface area is 150 Å². The maximum Gasteiger partial charge on any atom is 0.326 e. The molecular weight excluding hydrogens is 334 g/mol. The number of aryl methyl sites for hydroxylation is 1. The standard InChI is InChI=1S/C20H19NO5/c1-12-2-7-16-14(11-26-18(16)8-12)10-19(23)21-17(20(24)25)9-13-3-5-15(22)6-4-13/h2-8,11,17,22H,9-10H2,1H3,(H,21,23)(H,24,25)/t17-/m0/s1. The van der Waals surface area contributed by atoms with Crippen molar-refractivity contribution < 1.29 is 24.2 Å². The third-order valence-corrected chi connectivity index (χ3v) is 4.17. The molecule has 1 aromatic heterocycles. The van der Waals surface area contributed by atoms with Gasteiger partial charge in [-0.1, -0.05) is 24.3 Å². The molecular formula is C20H19NO5. The lowest BCUT2D eigenvalue weighted by molar-refractivity contribution is -0.141. The minimum atomic E-state index is -1.11. The number of aromatic hydroxyl groups is 1. The number of carboxylic acids is 1. The second-order valence-corrected chi connectivity index (χ2v) is 6.27. The van der Waals surface area contributed by atoms with Crippen molar-refractivity contribution in [2.45, 2.75) is 25.8 Å². The van der Waals surface area contributed by atoms with Crippen LogP contribution in [0, 0.1) is 6.92 Å². The molecule has 3 rings (SSSR count). The van der Waals surface area contributed by atoms with Gasteiger partial charge in [0.25, 0.3) is 0 Å². The number of carboxylic acid groups (broad SMARTS) is 1. The molecule has 1 heterocycles. The summed E-state index contributed by atoms with van der Waals surface area (Å²) in [7, 11) is 0. The van der Waals surface area contributed by atoms with Crippen molar-refractivity contribution in [3.63, 3.8) is 0 Å². The number of phenolic OH excluding ortho intramolecular Hbond substituents is 1. The summed E-state index contributed by atoms with van der Waals surface area (Å²) in [5, 5.41) is 22.1. The SMILES string of the molecule is Cc1ccc2c(CC(=O)N[C@@H](Cc3ccc(O)cc3)C(=O)O)coc2c1. The number of aliphatic carboxylic acids is 1. The highest BCUT2D eigenvalue weighted by Gasteiger charge is 2.21. The molecule has 26 heavy (non-hydrogen) atoms. The van der Waals surface area contributed by atoms with Gasteiger partial charge in [0.15, 0.2) is 0 Å². The van der Waals surface area contributed by atoms with Crippen LogP contribution in [0.15, 0.2) is 53.1 Å². The minimum Gasteiger partial charge on any atom is -0.508 e. The number of furan rings is 1. The molecule has 134 valence electrons. The van der Waals surface area contributed by atoms with Gasteiger partial charge in [-0.25, -0.2) is 4.79 Å². The van der Waals surface area contributed by atoms with Gasteiger partial charge < -0.3 is 19.9 Å². The fourth-order valence-corrected chi connectivity index (χ4v) is 2.81. The Hall–Kier alpha value is -3.28. The van der Waals surface area contributed by atoms with Crippen molar-refractivity contribution in [2.24, 2.45) is 0 Å². The second-order valence-electron chi connectivity index (χ2n) is 6.27. The Morgan fingerprint density at radius 3 is 2.58 bits per heavy atom. The van der Waals surface area contributed by atoms with Gasteiger partial charge in [0.2, 0.25) is 5.91 Å². The van der Waals surface area contributed by atoms with Gasteiger partial charge in [-0.05, 0) is 36.2 Å². The van der Waals surface area contributed by atoms with E-state index in [1.165, 1.54) is 18.4 Å². The molecule has 0 spiro atoms. The van der Waals surface area contributed by atoms with Crippen LogP contribution in [0.2, 0.25) is 0 Å². The summed E-state index contributed by atoms with van der Waals surface area (Å²) in [6.07, 6.45) is 1.70. The van der Waals surface area contributed by atoms with E-state index in [4.69, 9.17) is 4.42 Å². The van der Waals surface area contributed by atoms with Crippen molar-refractivity contribution in [1.82, 2.24) is 5.32 Å². The monoisotopic (exact) mass is 353 g/mol. The largest absolute Gasteiger partial charge is 0.508 e. The Morgan fingerprint density at radius 2 is 1.88 bits per heavy atom. The Kier molecular flexibility index (Phi) is 4.93. The molecule has 0 unspecified atom stereocenters. The molecule has 2 aromatic carbocycles. The third kappa shape index (κ3) is 4.03. The molecule has 0 fully saturated rings. The van der Waals surface area contributed by atoms with E-state index >= 15 is 0 Å². The average Bonchev–Trinajstić information content (AvgIpc) is 2.98. The zero-order valence-corrected chi connectivity index (χ0v) is 14.2. The van der Waals surface area contributed by atoms with E-state index in [-0.39, 0.29) is 24.5 Å². The first-order valence-electron chi connectivity index (χ1n) is 8.19. The first kappa shape index (κ1) is 17.5. The van der Waals surface area contributed by atoms with Crippen LogP contribution < -0.4 is 5.32 Å². The number of hydrogen-bond donors (Lipinski definition) is 3. The van der Waals surface area contributed by atoms with Crippen molar-refractivity contribution in [3.8, 4) is 5.75 Å². The van der Waals surface area contributed by atoms with E-state index in [1.807, 2.05) is 25.1 Å². The molecule has 0 saturated heterocycles. The van der Waals surface area contributed by atoms with Crippen LogP contribution in [0.4, 0.5) is 0 Å². The normalized spacial score (nSPS) is 12.0. The van der Waals surface area contributed by atoms with Crippen LogP contribution in [-0.2, 0) is 22.4 Å². The first-order chi connectivity index (χ1) is 12.4. The smallest absolute Gasteiger partial charge is 0.326 e. The number of carbonyl (C=O) groups excluding carboxylic acids is 1. The lowest BCUT2D eigenvalue weighted by Crippen LogP contribution is -2.43. The summed E-state index contributed by atoms with van der Waals surface area (Å²) in [6.45, 7) is 1.95. The molecule has 6 heteroatoms. The summed E-state index contributed by atoms with van der Waals surface area (Å²) >= 11 is 0. The van der Waals surface area contributed by atoms with E-state index < -0.39 is 12.0 Å². The van der Waals surface area contributed by atoms with E-state index in [9.17, 15) is 19.8 Å². The zero-order chi connectivity index (χ0) is 18.7. The quantitative estimate of drug-likeness (QED) is 0.633. The van der Waals surface area contributed by atoms with Crippen LogP contribution in [-0.4, -0.2) is 28.1 Å². The van der Waals surface area contributed by atoms with Gasteiger partial charge in [0.1, 0.15) is 17.4 Å². The first-order valence-corrected chi connectivity index (χ1v) is 8.19. The van der Waals surface area contributed by atoms with Gasteiger partial charge in [0.05, 0.1) is 12.7 Å². The lowest BCUT2D eigenvalue weighted by Gasteiger charge is -2.14. The molecule has 0 aliphatic carbocycles. The summed E-state index contributed by atoms with van der Waals surface area (Å²) < 4.78 is 5.47. The fourth-order valence-electron chi connectivity index (χ4n) is 2.81. The fraction of sp³-hybridized carbons (Fsp3) is 0.200. The number of phenols is 1. The van der Waals surface area contributed by atoms with E-state index in [1.54, 1.807) is 12.1 Å². The maximum absolute atomic E-state index is 12.3. The molecule has 6 nitrogen and oxygen atoms in total.